The molecular weight excluding hydrogens is 316 g/mol. The summed E-state index contributed by atoms with van der Waals surface area (Å²) in [5, 5.41) is 0. The summed E-state index contributed by atoms with van der Waals surface area (Å²) in [6.45, 7) is 8.76. The maximum Gasteiger partial charge on any atom is 0.164 e. The second kappa shape index (κ2) is 7.91. The van der Waals surface area contributed by atoms with E-state index in [0.29, 0.717) is 6.42 Å². The van der Waals surface area contributed by atoms with Crippen LogP contribution in [-0.2, 0) is 0 Å². The van der Waals surface area contributed by atoms with Gasteiger partial charge in [0.15, 0.2) is 5.78 Å². The van der Waals surface area contributed by atoms with Gasteiger partial charge in [0, 0.05) is 49.2 Å². The van der Waals surface area contributed by atoms with Gasteiger partial charge in [-0.1, -0.05) is 35.0 Å². The predicted octanol–water partition coefficient (Wildman–Crippen LogP) is 3.05. The van der Waals surface area contributed by atoms with E-state index in [-0.39, 0.29) is 5.78 Å². The third-order valence-electron chi connectivity index (χ3n) is 3.81. The van der Waals surface area contributed by atoms with Crippen LogP contribution in [0.2, 0.25) is 0 Å². The summed E-state index contributed by atoms with van der Waals surface area (Å²) in [4.78, 5) is 17.1. The molecule has 110 valence electrons. The Hall–Kier alpha value is -0.710. The van der Waals surface area contributed by atoms with Gasteiger partial charge in [-0.2, -0.15) is 0 Å². The van der Waals surface area contributed by atoms with Crippen molar-refractivity contribution in [3.05, 3.63) is 34.3 Å². The molecule has 0 atom stereocenters. The molecule has 1 aromatic rings. The van der Waals surface area contributed by atoms with Gasteiger partial charge in [-0.25, -0.2) is 0 Å². The van der Waals surface area contributed by atoms with Crippen LogP contribution in [0.4, 0.5) is 0 Å². The fourth-order valence-corrected chi connectivity index (χ4v) is 3.02. The molecular formula is C16H23BrN2O. The molecule has 1 aliphatic rings. The van der Waals surface area contributed by atoms with E-state index in [9.17, 15) is 4.79 Å². The van der Waals surface area contributed by atoms with E-state index in [1.54, 1.807) is 0 Å². The molecule has 0 unspecified atom stereocenters. The fourth-order valence-electron chi connectivity index (χ4n) is 2.62. The number of rotatable bonds is 6. The summed E-state index contributed by atoms with van der Waals surface area (Å²) < 4.78 is 0.969. The highest BCUT2D eigenvalue weighted by Crippen LogP contribution is 2.13. The van der Waals surface area contributed by atoms with Crippen LogP contribution in [0.1, 0.15) is 30.1 Å². The zero-order valence-corrected chi connectivity index (χ0v) is 13.7. The second-order valence-electron chi connectivity index (χ2n) is 5.37. The molecule has 1 heterocycles. The predicted molar refractivity (Wildman–Crippen MR) is 86.3 cm³/mol. The van der Waals surface area contributed by atoms with Crippen molar-refractivity contribution in [1.29, 1.82) is 0 Å². The van der Waals surface area contributed by atoms with Crippen LogP contribution >= 0.6 is 15.9 Å². The van der Waals surface area contributed by atoms with Gasteiger partial charge in [0.05, 0.1) is 0 Å². The highest BCUT2D eigenvalue weighted by atomic mass is 79.9. The average molecular weight is 339 g/mol. The number of carbonyl (C=O) groups is 1. The quantitative estimate of drug-likeness (QED) is 0.745. The van der Waals surface area contributed by atoms with Crippen LogP contribution < -0.4 is 0 Å². The number of benzene rings is 1. The molecule has 1 fully saturated rings. The Morgan fingerprint density at radius 2 is 1.80 bits per heavy atom. The van der Waals surface area contributed by atoms with E-state index in [1.807, 2.05) is 24.3 Å². The minimum atomic E-state index is 0.238. The maximum atomic E-state index is 12.1. The van der Waals surface area contributed by atoms with Crippen molar-refractivity contribution in [1.82, 2.24) is 9.80 Å². The molecule has 1 saturated heterocycles. The smallest absolute Gasteiger partial charge is 0.164 e. The first-order valence-electron chi connectivity index (χ1n) is 7.42. The van der Waals surface area contributed by atoms with Crippen molar-refractivity contribution in [3.63, 3.8) is 0 Å². The molecule has 0 radical (unpaired) electrons. The monoisotopic (exact) mass is 338 g/mol. The van der Waals surface area contributed by atoms with Crippen molar-refractivity contribution in [2.45, 2.75) is 19.8 Å². The summed E-state index contributed by atoms with van der Waals surface area (Å²) in [7, 11) is 0. The Balaban J connectivity index is 1.74. The zero-order valence-electron chi connectivity index (χ0n) is 12.1. The number of nitrogens with zero attached hydrogens (tertiary/aromatic N) is 2. The van der Waals surface area contributed by atoms with E-state index in [4.69, 9.17) is 0 Å². The normalized spacial score (nSPS) is 17.3. The lowest BCUT2D eigenvalue weighted by molar-refractivity contribution is 0.0928. The molecule has 2 rings (SSSR count). The van der Waals surface area contributed by atoms with Crippen molar-refractivity contribution in [2.24, 2.45) is 0 Å². The molecule has 0 spiro atoms. The number of halogens is 1. The Bertz CT molecular complexity index is 442. The lowest BCUT2D eigenvalue weighted by Gasteiger charge is -2.34. The van der Waals surface area contributed by atoms with Gasteiger partial charge in [-0.3, -0.25) is 4.79 Å². The number of carbonyl (C=O) groups excluding carboxylic acids is 1. The van der Waals surface area contributed by atoms with Crippen LogP contribution in [0.25, 0.3) is 0 Å². The van der Waals surface area contributed by atoms with Crippen molar-refractivity contribution in [3.8, 4) is 0 Å². The van der Waals surface area contributed by atoms with Gasteiger partial charge in [0.1, 0.15) is 0 Å². The molecule has 1 aliphatic heterocycles. The molecule has 3 nitrogen and oxygen atoms in total. The number of ketones is 1. The standard InChI is InChI=1S/C16H23BrN2O/c1-2-7-18-9-11-19(12-10-18)8-6-16(20)14-4-3-5-15(17)13-14/h3-5,13H,2,6-12H2,1H3. The van der Waals surface area contributed by atoms with Gasteiger partial charge < -0.3 is 9.80 Å². The molecule has 0 saturated carbocycles. The van der Waals surface area contributed by atoms with E-state index < -0.39 is 0 Å². The van der Waals surface area contributed by atoms with Gasteiger partial charge in [-0.05, 0) is 25.1 Å². The van der Waals surface area contributed by atoms with Crippen LogP contribution in [0, 0.1) is 0 Å². The van der Waals surface area contributed by atoms with E-state index in [0.717, 1.165) is 42.8 Å². The highest BCUT2D eigenvalue weighted by molar-refractivity contribution is 9.10. The molecule has 0 aliphatic carbocycles. The van der Waals surface area contributed by atoms with Gasteiger partial charge in [0.2, 0.25) is 0 Å². The third kappa shape index (κ3) is 4.69. The number of hydrogen-bond donors (Lipinski definition) is 0. The lowest BCUT2D eigenvalue weighted by atomic mass is 10.1. The second-order valence-corrected chi connectivity index (χ2v) is 6.28. The third-order valence-corrected chi connectivity index (χ3v) is 4.30. The topological polar surface area (TPSA) is 23.6 Å². The van der Waals surface area contributed by atoms with Crippen molar-refractivity contribution >= 4 is 21.7 Å². The average Bonchev–Trinajstić information content (AvgIpc) is 2.46. The molecule has 0 bridgehead atoms. The molecule has 20 heavy (non-hydrogen) atoms. The molecule has 0 aromatic heterocycles. The molecule has 0 amide bonds. The first-order valence-corrected chi connectivity index (χ1v) is 8.22. The largest absolute Gasteiger partial charge is 0.301 e. The minimum Gasteiger partial charge on any atom is -0.301 e. The van der Waals surface area contributed by atoms with Crippen LogP contribution in [0.5, 0.6) is 0 Å². The van der Waals surface area contributed by atoms with Crippen LogP contribution in [0.15, 0.2) is 28.7 Å². The summed E-state index contributed by atoms with van der Waals surface area (Å²) in [5.41, 5.74) is 0.809. The number of hydrogen-bond acceptors (Lipinski definition) is 3. The Morgan fingerprint density at radius 1 is 1.15 bits per heavy atom. The first-order chi connectivity index (χ1) is 9.69. The summed E-state index contributed by atoms with van der Waals surface area (Å²) in [6, 6.07) is 7.67. The van der Waals surface area contributed by atoms with Crippen LogP contribution in [-0.4, -0.2) is 54.9 Å². The Kier molecular flexibility index (Phi) is 6.20. The lowest BCUT2D eigenvalue weighted by Crippen LogP contribution is -2.46. The van der Waals surface area contributed by atoms with Gasteiger partial charge in [-0.15, -0.1) is 0 Å². The molecule has 1 aromatic carbocycles. The van der Waals surface area contributed by atoms with Crippen molar-refractivity contribution < 1.29 is 4.79 Å². The number of Topliss-reactive ketones (excluding diaryl/α,β-unsaturated/α-hetero) is 1. The van der Waals surface area contributed by atoms with Gasteiger partial charge >= 0.3 is 0 Å². The Morgan fingerprint density at radius 3 is 2.40 bits per heavy atom. The van der Waals surface area contributed by atoms with E-state index in [2.05, 4.69) is 32.7 Å². The highest BCUT2D eigenvalue weighted by Gasteiger charge is 2.17. The van der Waals surface area contributed by atoms with Crippen molar-refractivity contribution in [2.75, 3.05) is 39.3 Å². The minimum absolute atomic E-state index is 0.238. The number of piperazine rings is 1. The van der Waals surface area contributed by atoms with E-state index >= 15 is 0 Å². The van der Waals surface area contributed by atoms with E-state index in [1.165, 1.54) is 13.0 Å². The zero-order chi connectivity index (χ0) is 14.4. The SMILES string of the molecule is CCCN1CCN(CCC(=O)c2cccc(Br)c2)CC1. The fraction of sp³-hybridized carbons (Fsp3) is 0.562. The molecule has 4 heteroatoms. The Labute approximate surface area is 130 Å². The van der Waals surface area contributed by atoms with Crippen LogP contribution in [0.3, 0.4) is 0 Å². The summed E-state index contributed by atoms with van der Waals surface area (Å²) in [5.74, 6) is 0.238. The molecule has 0 N–H and O–H groups in total. The summed E-state index contributed by atoms with van der Waals surface area (Å²) >= 11 is 3.41. The summed E-state index contributed by atoms with van der Waals surface area (Å²) in [6.07, 6.45) is 1.84. The maximum absolute atomic E-state index is 12.1. The first kappa shape index (κ1) is 15.7. The van der Waals surface area contributed by atoms with Gasteiger partial charge in [0.25, 0.3) is 0 Å².